The first kappa shape index (κ1) is 28.1. The number of carbonyl (C=O) groups excluding carboxylic acids is 2. The normalized spacial score (nSPS) is 11.9. The van der Waals surface area contributed by atoms with Crippen molar-refractivity contribution in [3.63, 3.8) is 0 Å². The van der Waals surface area contributed by atoms with Gasteiger partial charge in [-0.05, 0) is 36.8 Å². The van der Waals surface area contributed by atoms with E-state index in [1.54, 1.807) is 18.2 Å². The van der Waals surface area contributed by atoms with E-state index in [1.807, 2.05) is 0 Å². The quantitative estimate of drug-likeness (QED) is 0.199. The predicted molar refractivity (Wildman–Crippen MR) is 137 cm³/mol. The molecule has 0 radical (unpaired) electrons. The summed E-state index contributed by atoms with van der Waals surface area (Å²) in [5, 5.41) is 16.9. The molecule has 0 aliphatic carbocycles. The zero-order chi connectivity index (χ0) is 27.7. The van der Waals surface area contributed by atoms with Crippen molar-refractivity contribution in [3.8, 4) is 5.75 Å². The van der Waals surface area contributed by atoms with Gasteiger partial charge < -0.3 is 25.8 Å². The summed E-state index contributed by atoms with van der Waals surface area (Å²) in [5.74, 6) is -1.83. The van der Waals surface area contributed by atoms with E-state index >= 15 is 0 Å². The third-order valence-electron chi connectivity index (χ3n) is 5.25. The van der Waals surface area contributed by atoms with Gasteiger partial charge in [0.25, 0.3) is 11.5 Å². The zero-order valence-corrected chi connectivity index (χ0v) is 21.2. The lowest BCUT2D eigenvalue weighted by atomic mass is 10.2. The Morgan fingerprint density at radius 3 is 2.47 bits per heavy atom. The molecule has 202 valence electrons. The number of nitrogens with zero attached hydrogens (tertiary/aromatic N) is 1. The highest BCUT2D eigenvalue weighted by Gasteiger charge is 2.26. The Kier molecular flexibility index (Phi) is 9.40. The number of carboxylic acids is 1. The molecule has 0 spiro atoms. The number of rotatable bonds is 12. The van der Waals surface area contributed by atoms with Gasteiger partial charge in [0.2, 0.25) is 10.0 Å². The van der Waals surface area contributed by atoms with E-state index in [0.29, 0.717) is 30.8 Å². The third kappa shape index (κ3) is 7.54. The highest BCUT2D eigenvalue weighted by molar-refractivity contribution is 7.89. The van der Waals surface area contributed by atoms with Crippen molar-refractivity contribution in [1.82, 2.24) is 25.1 Å². The number of fused-ring (bicyclic) bond motifs is 1. The maximum Gasteiger partial charge on any atom is 0.323 e. The molecule has 5 N–H and O–H groups in total. The molecule has 3 amide bonds. The number of benzene rings is 1. The van der Waals surface area contributed by atoms with Crippen molar-refractivity contribution in [3.05, 3.63) is 76.7 Å². The second-order valence-electron chi connectivity index (χ2n) is 7.99. The first-order chi connectivity index (χ1) is 18.1. The molecule has 2 heterocycles. The zero-order valence-electron chi connectivity index (χ0n) is 20.3. The lowest BCUT2D eigenvalue weighted by Gasteiger charge is -2.16. The van der Waals surface area contributed by atoms with E-state index in [9.17, 15) is 32.7 Å². The van der Waals surface area contributed by atoms with Crippen molar-refractivity contribution >= 4 is 33.4 Å². The van der Waals surface area contributed by atoms with Crippen molar-refractivity contribution in [2.24, 2.45) is 0 Å². The number of carboxylic acid groups (broad SMARTS) is 1. The molecule has 0 saturated carbocycles. The molecule has 3 aromatic rings. The largest absolute Gasteiger partial charge is 0.492 e. The summed E-state index contributed by atoms with van der Waals surface area (Å²) < 4.78 is 33.8. The average molecular weight is 546 g/mol. The first-order valence-electron chi connectivity index (χ1n) is 11.4. The Morgan fingerprint density at radius 2 is 1.79 bits per heavy atom. The number of aromatic nitrogens is 1. The Hall–Kier alpha value is -4.43. The minimum absolute atomic E-state index is 0.0287. The van der Waals surface area contributed by atoms with Gasteiger partial charge in [0.1, 0.15) is 11.8 Å². The molecule has 0 aliphatic heterocycles. The molecule has 0 fully saturated rings. The number of hydrogen-bond donors (Lipinski definition) is 5. The van der Waals surface area contributed by atoms with E-state index in [-0.39, 0.29) is 16.5 Å². The molecule has 1 atom stereocenters. The number of aliphatic carboxylic acids is 1. The molecule has 3 rings (SSSR count). The first-order valence-corrected chi connectivity index (χ1v) is 12.9. The molecular formula is C24H27N5O8S. The van der Waals surface area contributed by atoms with Crippen molar-refractivity contribution in [2.45, 2.75) is 17.4 Å². The molecule has 0 unspecified atom stereocenters. The van der Waals surface area contributed by atoms with Gasteiger partial charge in [0, 0.05) is 37.3 Å². The standard InChI is InChI=1S/C24H27N5O8S/c1-25-24(34)26-10-5-11-37-18-9-8-17-12-16(13-21(30)29(17)15-18)22(31)27-14-20(23(32)33)28-38(35,36)19-6-3-2-4-7-19/h2-4,6-9,12-13,15,20,28H,5,10-11,14H2,1H3,(H,27,31)(H,32,33)(H2,25,26,34)/t20-/m0/s1. The molecule has 0 bridgehead atoms. The summed E-state index contributed by atoms with van der Waals surface area (Å²) in [5.41, 5.74) is -0.172. The van der Waals surface area contributed by atoms with E-state index < -0.39 is 40.0 Å². The molecule has 38 heavy (non-hydrogen) atoms. The van der Waals surface area contributed by atoms with Crippen LogP contribution in [0, 0.1) is 0 Å². The molecule has 2 aromatic heterocycles. The van der Waals surface area contributed by atoms with E-state index in [1.165, 1.54) is 48.0 Å². The number of sulfonamides is 1. The predicted octanol–water partition coefficient (Wildman–Crippen LogP) is 0.159. The monoisotopic (exact) mass is 545 g/mol. The fraction of sp³-hybridized carbons (Fsp3) is 0.250. The van der Waals surface area contributed by atoms with Crippen LogP contribution in [-0.4, -0.2) is 68.6 Å². The smallest absolute Gasteiger partial charge is 0.323 e. The highest BCUT2D eigenvalue weighted by Crippen LogP contribution is 2.14. The summed E-state index contributed by atoms with van der Waals surface area (Å²) in [7, 11) is -2.63. The van der Waals surface area contributed by atoms with Crippen LogP contribution < -0.4 is 31.0 Å². The number of hydrogen-bond acceptors (Lipinski definition) is 7. The summed E-state index contributed by atoms with van der Waals surface area (Å²) in [4.78, 5) is 47.9. The van der Waals surface area contributed by atoms with Gasteiger partial charge in [-0.3, -0.25) is 18.8 Å². The van der Waals surface area contributed by atoms with E-state index in [0.717, 1.165) is 6.07 Å². The van der Waals surface area contributed by atoms with Crippen LogP contribution in [0.5, 0.6) is 5.75 Å². The van der Waals surface area contributed by atoms with Gasteiger partial charge in [-0.1, -0.05) is 18.2 Å². The van der Waals surface area contributed by atoms with Crippen LogP contribution in [0.25, 0.3) is 5.52 Å². The Bertz CT molecular complexity index is 1470. The number of urea groups is 1. The van der Waals surface area contributed by atoms with Crippen LogP contribution in [0.4, 0.5) is 4.79 Å². The molecule has 0 saturated heterocycles. The molecule has 14 heteroatoms. The van der Waals surface area contributed by atoms with Crippen LogP contribution in [0.2, 0.25) is 0 Å². The number of amides is 3. The van der Waals surface area contributed by atoms with Gasteiger partial charge in [-0.25, -0.2) is 13.2 Å². The second-order valence-corrected chi connectivity index (χ2v) is 9.70. The topological polar surface area (TPSA) is 184 Å². The summed E-state index contributed by atoms with van der Waals surface area (Å²) >= 11 is 0. The van der Waals surface area contributed by atoms with Gasteiger partial charge in [-0.2, -0.15) is 4.72 Å². The molecule has 1 aromatic carbocycles. The molecular weight excluding hydrogens is 518 g/mol. The van der Waals surface area contributed by atoms with E-state index in [4.69, 9.17) is 4.74 Å². The maximum atomic E-state index is 12.7. The van der Waals surface area contributed by atoms with Crippen LogP contribution in [0.3, 0.4) is 0 Å². The number of ether oxygens (including phenoxy) is 1. The van der Waals surface area contributed by atoms with Gasteiger partial charge in [0.05, 0.1) is 17.7 Å². The Balaban J connectivity index is 1.64. The number of carbonyl (C=O) groups is 3. The van der Waals surface area contributed by atoms with Gasteiger partial charge in [0.15, 0.2) is 0 Å². The SMILES string of the molecule is CNC(=O)NCCCOc1ccc2cc(C(=O)NC[C@H](NS(=O)(=O)c3ccccc3)C(=O)O)cc(=O)n2c1. The van der Waals surface area contributed by atoms with Crippen LogP contribution in [0.15, 0.2) is 70.5 Å². The minimum atomic E-state index is -4.14. The Labute approximate surface area is 217 Å². The summed E-state index contributed by atoms with van der Waals surface area (Å²) in [6.07, 6.45) is 2.00. The Morgan fingerprint density at radius 1 is 1.05 bits per heavy atom. The van der Waals surface area contributed by atoms with Gasteiger partial charge >= 0.3 is 12.0 Å². The third-order valence-corrected chi connectivity index (χ3v) is 6.74. The average Bonchev–Trinajstić information content (AvgIpc) is 2.90. The highest BCUT2D eigenvalue weighted by atomic mass is 32.2. The van der Waals surface area contributed by atoms with Gasteiger partial charge in [-0.15, -0.1) is 0 Å². The number of nitrogens with one attached hydrogen (secondary N) is 4. The van der Waals surface area contributed by atoms with Crippen LogP contribution in [0.1, 0.15) is 16.8 Å². The van der Waals surface area contributed by atoms with Crippen molar-refractivity contribution in [1.29, 1.82) is 0 Å². The summed E-state index contributed by atoms with van der Waals surface area (Å²) in [6.45, 7) is 0.146. The summed E-state index contributed by atoms with van der Waals surface area (Å²) in [6, 6.07) is 11.0. The van der Waals surface area contributed by atoms with Crippen molar-refractivity contribution in [2.75, 3.05) is 26.7 Å². The number of pyridine rings is 2. The van der Waals surface area contributed by atoms with Crippen LogP contribution in [-0.2, 0) is 14.8 Å². The fourth-order valence-corrected chi connectivity index (χ4v) is 4.52. The van der Waals surface area contributed by atoms with Crippen LogP contribution >= 0.6 is 0 Å². The fourth-order valence-electron chi connectivity index (χ4n) is 3.30. The minimum Gasteiger partial charge on any atom is -0.492 e. The van der Waals surface area contributed by atoms with Crippen molar-refractivity contribution < 1.29 is 32.6 Å². The van der Waals surface area contributed by atoms with E-state index in [2.05, 4.69) is 20.7 Å². The lowest BCUT2D eigenvalue weighted by molar-refractivity contribution is -0.138. The lowest BCUT2D eigenvalue weighted by Crippen LogP contribution is -2.48. The molecule has 0 aliphatic rings. The molecule has 13 nitrogen and oxygen atoms in total. The second kappa shape index (κ2) is 12.7. The maximum absolute atomic E-state index is 12.7.